The fourth-order valence-corrected chi connectivity index (χ4v) is 14.2. The van der Waals surface area contributed by atoms with Gasteiger partial charge in [0.15, 0.2) is 0 Å². The van der Waals surface area contributed by atoms with Crippen molar-refractivity contribution in [2.24, 2.45) is 5.92 Å². The second kappa shape index (κ2) is 6.11. The van der Waals surface area contributed by atoms with Gasteiger partial charge in [-0.3, -0.25) is 0 Å². The van der Waals surface area contributed by atoms with Gasteiger partial charge < -0.3 is 0 Å². The average Bonchev–Trinajstić information content (AvgIpc) is 2.16. The van der Waals surface area contributed by atoms with E-state index in [0.29, 0.717) is 5.04 Å². The highest BCUT2D eigenvalue weighted by Gasteiger charge is 2.30. The van der Waals surface area contributed by atoms with Gasteiger partial charge in [0.05, 0.1) is 0 Å². The molecule has 0 bridgehead atoms. The summed E-state index contributed by atoms with van der Waals surface area (Å²) in [6.45, 7) is 17.4. The molecule has 0 heterocycles. The van der Waals surface area contributed by atoms with Crippen LogP contribution in [0.3, 0.4) is 0 Å². The molecule has 0 aliphatic rings. The maximum atomic E-state index is 2.63. The van der Waals surface area contributed by atoms with Crippen LogP contribution in [-0.2, 0) is 0 Å². The first-order valence-electron chi connectivity index (χ1n) is 6.35. The van der Waals surface area contributed by atoms with Crippen molar-refractivity contribution >= 4 is 16.6 Å². The maximum Gasteiger partial charge on any atom is 0.0309 e. The highest BCUT2D eigenvalue weighted by molar-refractivity contribution is 7.22. The molecule has 0 radical (unpaired) electrons. The summed E-state index contributed by atoms with van der Waals surface area (Å²) < 4.78 is 0. The molecular weight excluding hydrogens is 200 g/mol. The quantitative estimate of drug-likeness (QED) is 0.605. The van der Waals surface area contributed by atoms with E-state index >= 15 is 0 Å². The average molecular weight is 231 g/mol. The van der Waals surface area contributed by atoms with Gasteiger partial charge in [0.1, 0.15) is 0 Å². The molecule has 0 spiro atoms. The largest absolute Gasteiger partial charge is 0.0741 e. The molecule has 0 aromatic rings. The van der Waals surface area contributed by atoms with Crippen LogP contribution in [0.2, 0.25) is 24.2 Å². The van der Waals surface area contributed by atoms with Crippen LogP contribution in [0.25, 0.3) is 0 Å². The van der Waals surface area contributed by atoms with Crippen LogP contribution < -0.4 is 0 Å². The fourth-order valence-electron chi connectivity index (χ4n) is 2.10. The molecule has 0 amide bonds. The van der Waals surface area contributed by atoms with E-state index in [9.17, 15) is 0 Å². The summed E-state index contributed by atoms with van der Waals surface area (Å²) in [5.74, 6) is 0.985. The van der Waals surface area contributed by atoms with E-state index in [-0.39, 0.29) is 8.31 Å². The van der Waals surface area contributed by atoms with E-state index in [1.807, 2.05) is 0 Å². The lowest BCUT2D eigenvalue weighted by Gasteiger charge is -2.34. The van der Waals surface area contributed by atoms with Crippen molar-refractivity contribution < 1.29 is 0 Å². The third kappa shape index (κ3) is 4.30. The Balaban J connectivity index is 4.17. The molecule has 3 unspecified atom stereocenters. The summed E-state index contributed by atoms with van der Waals surface area (Å²) in [4.78, 5) is 0. The van der Waals surface area contributed by atoms with Crippen molar-refractivity contribution in [3.05, 3.63) is 0 Å². The molecule has 2 heteroatoms. The van der Waals surface area contributed by atoms with Crippen molar-refractivity contribution in [1.29, 1.82) is 0 Å². The minimum absolute atomic E-state index is 0.376. The molecule has 0 aromatic carbocycles. The molecule has 86 valence electrons. The van der Waals surface area contributed by atoms with Crippen molar-refractivity contribution in [2.75, 3.05) is 0 Å². The zero-order valence-electron chi connectivity index (χ0n) is 11.4. The second-order valence-electron chi connectivity index (χ2n) is 5.86. The second-order valence-corrected chi connectivity index (χ2v) is 17.8. The van der Waals surface area contributed by atoms with Crippen LogP contribution in [0, 0.1) is 5.92 Å². The van der Waals surface area contributed by atoms with Gasteiger partial charge in [-0.25, -0.2) is 0 Å². The molecule has 3 atom stereocenters. The maximum absolute atomic E-state index is 2.63. The van der Waals surface area contributed by atoms with Crippen molar-refractivity contribution in [3.8, 4) is 0 Å². The van der Waals surface area contributed by atoms with E-state index in [1.165, 1.54) is 12.8 Å². The van der Waals surface area contributed by atoms with Crippen LogP contribution in [0.5, 0.6) is 0 Å². The van der Waals surface area contributed by atoms with Crippen LogP contribution in [-0.4, -0.2) is 16.6 Å². The zero-order valence-corrected chi connectivity index (χ0v) is 13.7. The first kappa shape index (κ1) is 14.4. The minimum atomic E-state index is -0.437. The summed E-state index contributed by atoms with van der Waals surface area (Å²) >= 11 is 0. The predicted molar refractivity (Wildman–Crippen MR) is 74.6 cm³/mol. The van der Waals surface area contributed by atoms with Crippen molar-refractivity contribution in [3.63, 3.8) is 0 Å². The molecule has 0 saturated heterocycles. The molecule has 0 fully saturated rings. The molecule has 0 saturated carbocycles. The van der Waals surface area contributed by atoms with Gasteiger partial charge in [-0.2, -0.15) is 0 Å². The smallest absolute Gasteiger partial charge is 0.0309 e. The third-order valence-corrected chi connectivity index (χ3v) is 19.2. The van der Waals surface area contributed by atoms with Gasteiger partial charge in [0.25, 0.3) is 0 Å². The van der Waals surface area contributed by atoms with Crippen LogP contribution in [0.15, 0.2) is 0 Å². The summed E-state index contributed by atoms with van der Waals surface area (Å²) in [5.41, 5.74) is 0. The predicted octanol–water partition coefficient (Wildman–Crippen LogP) is 4.01. The lowest BCUT2D eigenvalue weighted by molar-refractivity contribution is 0.616. The third-order valence-electron chi connectivity index (χ3n) is 4.47. The van der Waals surface area contributed by atoms with E-state index in [1.54, 1.807) is 6.04 Å². The van der Waals surface area contributed by atoms with E-state index in [4.69, 9.17) is 0 Å². The Morgan fingerprint density at radius 3 is 2.00 bits per heavy atom. The van der Waals surface area contributed by atoms with Gasteiger partial charge in [0.2, 0.25) is 0 Å². The highest BCUT2D eigenvalue weighted by Crippen LogP contribution is 2.34. The Hall–Kier alpha value is 0.434. The summed E-state index contributed by atoms with van der Waals surface area (Å²) in [7, 11) is -0.812. The van der Waals surface area contributed by atoms with Crippen LogP contribution >= 0.6 is 0 Å². The normalized spacial score (nSPS) is 19.1. The molecule has 0 aliphatic carbocycles. The Kier molecular flexibility index (Phi) is 6.30. The van der Waals surface area contributed by atoms with E-state index in [0.717, 1.165) is 5.92 Å². The SMILES string of the molecule is CCC(C)C[SiH](C)[SiH](C)C(C)(C)CC. The first-order chi connectivity index (χ1) is 6.35. The molecule has 0 aromatic heterocycles. The van der Waals surface area contributed by atoms with Crippen LogP contribution in [0.4, 0.5) is 0 Å². The molecule has 14 heavy (non-hydrogen) atoms. The zero-order chi connectivity index (χ0) is 11.4. The summed E-state index contributed by atoms with van der Waals surface area (Å²) in [6.07, 6.45) is 2.77. The number of rotatable bonds is 6. The molecule has 0 nitrogen and oxygen atoms in total. The molecule has 0 N–H and O–H groups in total. The molecule has 0 aliphatic heterocycles. The van der Waals surface area contributed by atoms with Gasteiger partial charge in [-0.1, -0.05) is 66.6 Å². The lowest BCUT2D eigenvalue weighted by atomic mass is 10.1. The summed E-state index contributed by atoms with van der Waals surface area (Å²) in [6, 6.07) is 1.59. The standard InChI is InChI=1S/C12H30Si2/c1-8-11(3)10-13(6)14(7)12(4,5)9-2/h11,13-14H,8-10H2,1-7H3. The Morgan fingerprint density at radius 1 is 1.14 bits per heavy atom. The van der Waals surface area contributed by atoms with Crippen LogP contribution in [0.1, 0.15) is 47.5 Å². The van der Waals surface area contributed by atoms with E-state index in [2.05, 4.69) is 47.7 Å². The topological polar surface area (TPSA) is 0 Å². The lowest BCUT2D eigenvalue weighted by Crippen LogP contribution is -2.39. The Bertz CT molecular complexity index is 154. The number of hydrogen-bond acceptors (Lipinski definition) is 0. The van der Waals surface area contributed by atoms with Gasteiger partial charge in [0, 0.05) is 16.6 Å². The minimum Gasteiger partial charge on any atom is -0.0741 e. The van der Waals surface area contributed by atoms with Gasteiger partial charge in [-0.05, 0) is 11.0 Å². The molecular formula is C12H30Si2. The highest BCUT2D eigenvalue weighted by atomic mass is 29.2. The van der Waals surface area contributed by atoms with Crippen molar-refractivity contribution in [2.45, 2.75) is 71.6 Å². The van der Waals surface area contributed by atoms with Gasteiger partial charge >= 0.3 is 0 Å². The Morgan fingerprint density at radius 2 is 1.64 bits per heavy atom. The molecule has 0 rings (SSSR count). The fraction of sp³-hybridized carbons (Fsp3) is 1.00. The van der Waals surface area contributed by atoms with E-state index < -0.39 is 8.31 Å². The first-order valence-corrected chi connectivity index (χ1v) is 12.7. The summed E-state index contributed by atoms with van der Waals surface area (Å²) in [5, 5.41) is 0.707. The monoisotopic (exact) mass is 230 g/mol. The van der Waals surface area contributed by atoms with Crippen molar-refractivity contribution in [1.82, 2.24) is 0 Å². The Labute approximate surface area is 94.5 Å². The van der Waals surface area contributed by atoms with Gasteiger partial charge in [-0.15, -0.1) is 0 Å². The number of hydrogen-bond donors (Lipinski definition) is 0.